The van der Waals surface area contributed by atoms with Gasteiger partial charge in [-0.15, -0.1) is 0 Å². The van der Waals surface area contributed by atoms with Crippen molar-refractivity contribution in [1.29, 1.82) is 0 Å². The third-order valence-corrected chi connectivity index (χ3v) is 7.55. The van der Waals surface area contributed by atoms with Crippen molar-refractivity contribution in [1.82, 2.24) is 2.89 Å². The van der Waals surface area contributed by atoms with Crippen molar-refractivity contribution in [2.45, 2.75) is 12.8 Å². The number of benzene rings is 2. The van der Waals surface area contributed by atoms with E-state index in [0.29, 0.717) is 0 Å². The van der Waals surface area contributed by atoms with Gasteiger partial charge in [0.2, 0.25) is 0 Å². The Bertz CT molecular complexity index is 857. The van der Waals surface area contributed by atoms with Crippen LogP contribution >= 0.6 is 0 Å². The van der Waals surface area contributed by atoms with E-state index in [4.69, 9.17) is 0 Å². The molecule has 0 atom stereocenters. The molecule has 0 aromatic heterocycles. The Balaban J connectivity index is 0.000000197. The molecule has 0 spiro atoms. The van der Waals surface area contributed by atoms with E-state index in [2.05, 4.69) is 102 Å². The first-order chi connectivity index (χ1) is 15.1. The Labute approximate surface area is 215 Å². The van der Waals surface area contributed by atoms with E-state index in [0.717, 1.165) is 24.7 Å². The molecule has 2 aliphatic rings. The Kier molecular flexibility index (Phi) is 13.6. The molecule has 156 valence electrons. The molecule has 0 radical (unpaired) electrons. The van der Waals surface area contributed by atoms with Gasteiger partial charge >= 0.3 is 121 Å². The van der Waals surface area contributed by atoms with Gasteiger partial charge in [-0.1, -0.05) is 85.0 Å². The van der Waals surface area contributed by atoms with E-state index in [1.54, 1.807) is 6.56 Å². The molecular formula is C28H32InNZr. The molecule has 0 bridgehead atoms. The Hall–Kier alpha value is -1.41. The summed E-state index contributed by atoms with van der Waals surface area (Å²) < 4.78 is 5.66. The molecule has 0 amide bonds. The van der Waals surface area contributed by atoms with Gasteiger partial charge in [0.25, 0.3) is 0 Å². The average Bonchev–Trinajstić information content (AvgIpc) is 3.48. The van der Waals surface area contributed by atoms with Crippen LogP contribution in [0, 0.1) is 0 Å². The predicted octanol–water partition coefficient (Wildman–Crippen LogP) is 6.27. The standard InChI is InChI=1S/C16H14.2C5H5.C2H6N.In.Zr.2H/c1-3-9-15(10-4-1)13-7-8-14-16-11-5-2-6-12-16;2*1-2-4-5-3-1;1-3-2;;;;/h1-14H;2*1-3H,4H2;1-2H3;;;;/q;;;-1;+1;;;. The third-order valence-electron chi connectivity index (χ3n) is 4.15. The molecule has 0 aliphatic heterocycles. The van der Waals surface area contributed by atoms with Crippen LogP contribution in [0.3, 0.4) is 0 Å². The van der Waals surface area contributed by atoms with Gasteiger partial charge in [-0.2, -0.15) is 0 Å². The fraction of sp³-hybridized carbons (Fsp3) is 0.143. The number of hydrogen-bond donors (Lipinski definition) is 0. The van der Waals surface area contributed by atoms with Gasteiger partial charge in [-0.25, -0.2) is 0 Å². The average molecular weight is 589 g/mol. The number of allylic oxidation sites excluding steroid dienone is 10. The van der Waals surface area contributed by atoms with Gasteiger partial charge in [-0.3, -0.25) is 0 Å². The number of hydrogen-bond acceptors (Lipinski definition) is 1. The van der Waals surface area contributed by atoms with E-state index < -0.39 is 0 Å². The normalized spacial score (nSPS) is 14.2. The van der Waals surface area contributed by atoms with Gasteiger partial charge in [0.05, 0.1) is 0 Å². The van der Waals surface area contributed by atoms with E-state index in [9.17, 15) is 0 Å². The van der Waals surface area contributed by atoms with E-state index in [1.807, 2.05) is 36.4 Å². The predicted molar refractivity (Wildman–Crippen MR) is 137 cm³/mol. The van der Waals surface area contributed by atoms with E-state index in [-0.39, 0.29) is 23.2 Å². The molecule has 0 unspecified atom stereocenters. The first-order valence-electron chi connectivity index (χ1n) is 10.7. The summed E-state index contributed by atoms with van der Waals surface area (Å²) in [5, 5.41) is 0. The van der Waals surface area contributed by atoms with E-state index >= 15 is 0 Å². The zero-order valence-corrected chi connectivity index (χ0v) is 27.1. The van der Waals surface area contributed by atoms with E-state index in [1.165, 1.54) is 24.0 Å². The summed E-state index contributed by atoms with van der Waals surface area (Å²) in [5.74, 6) is 0. The zero-order chi connectivity index (χ0) is 22.2. The summed E-state index contributed by atoms with van der Waals surface area (Å²) in [6, 6.07) is 20.6. The van der Waals surface area contributed by atoms with Crippen molar-refractivity contribution < 1.29 is 23.2 Å². The van der Waals surface area contributed by atoms with Gasteiger partial charge < -0.3 is 0 Å². The van der Waals surface area contributed by atoms with Crippen LogP contribution in [0.25, 0.3) is 12.2 Å². The summed E-state index contributed by atoms with van der Waals surface area (Å²) >= 11 is 0.452. The van der Waals surface area contributed by atoms with Crippen LogP contribution in [0.1, 0.15) is 24.0 Å². The number of rotatable bonds is 5. The quantitative estimate of drug-likeness (QED) is 0.373. The second kappa shape index (κ2) is 16.3. The maximum atomic E-state index is 2.31. The van der Waals surface area contributed by atoms with Gasteiger partial charge in [0, 0.05) is 0 Å². The van der Waals surface area contributed by atoms with Crippen molar-refractivity contribution in [3.63, 3.8) is 0 Å². The Morgan fingerprint density at radius 1 is 0.710 bits per heavy atom. The molecule has 4 rings (SSSR count). The molecule has 31 heavy (non-hydrogen) atoms. The van der Waals surface area contributed by atoms with Crippen molar-refractivity contribution >= 4 is 36.8 Å². The molecule has 3 heteroatoms. The first-order valence-corrected chi connectivity index (χ1v) is 15.7. The Morgan fingerprint density at radius 3 is 1.42 bits per heavy atom. The summed E-state index contributed by atoms with van der Waals surface area (Å²) in [5.41, 5.74) is 2.44. The van der Waals surface area contributed by atoms with Crippen molar-refractivity contribution in [3.05, 3.63) is 127 Å². The molecule has 0 N–H and O–H groups in total. The van der Waals surface area contributed by atoms with Crippen LogP contribution < -0.4 is 0 Å². The minimum atomic E-state index is -0.312. The molecular weight excluding hydrogens is 556 g/mol. The molecule has 2 aromatic carbocycles. The minimum absolute atomic E-state index is 0.312. The number of nitrogens with zero attached hydrogens (tertiary/aromatic N) is 1. The van der Waals surface area contributed by atoms with Crippen molar-refractivity contribution in [2.24, 2.45) is 0 Å². The van der Waals surface area contributed by atoms with Crippen molar-refractivity contribution in [2.75, 3.05) is 14.1 Å². The zero-order valence-electron chi connectivity index (χ0n) is 18.9. The van der Waals surface area contributed by atoms with Crippen LogP contribution in [0.4, 0.5) is 0 Å². The van der Waals surface area contributed by atoms with Crippen LogP contribution in [0.5, 0.6) is 0 Å². The molecule has 2 aliphatic carbocycles. The third kappa shape index (κ3) is 12.9. The summed E-state index contributed by atoms with van der Waals surface area (Å²) in [4.78, 5) is 0. The van der Waals surface area contributed by atoms with Crippen LogP contribution in [-0.2, 0) is 23.2 Å². The topological polar surface area (TPSA) is 3.24 Å². The molecule has 0 saturated heterocycles. The van der Waals surface area contributed by atoms with Crippen LogP contribution in [0.2, 0.25) is 0 Å². The molecule has 0 heterocycles. The molecule has 0 fully saturated rings. The van der Waals surface area contributed by atoms with Crippen LogP contribution in [-0.4, -0.2) is 41.6 Å². The summed E-state index contributed by atoms with van der Waals surface area (Å²) in [6.07, 6.45) is 24.3. The fourth-order valence-corrected chi connectivity index (χ4v) is 5.73. The van der Waals surface area contributed by atoms with Crippen LogP contribution in [0.15, 0.2) is 116 Å². The molecule has 1 nitrogen and oxygen atoms in total. The monoisotopic (exact) mass is 587 g/mol. The summed E-state index contributed by atoms with van der Waals surface area (Å²) in [6.45, 7) is 0. The van der Waals surface area contributed by atoms with Gasteiger partial charge in [-0.05, 0) is 11.1 Å². The molecule has 2 aromatic rings. The first kappa shape index (κ1) is 25.9. The second-order valence-electron chi connectivity index (χ2n) is 7.65. The second-order valence-corrected chi connectivity index (χ2v) is 16.5. The van der Waals surface area contributed by atoms with Gasteiger partial charge in [0.1, 0.15) is 0 Å². The molecule has 0 saturated carbocycles. The maximum absolute atomic E-state index is 2.31. The SMILES string of the molecule is C(C=Cc1ccccc1)=Cc1ccccc1.C1=CC[C]([Zr][C]2=CC=CC2)=C1.C[N](C)[InH2]. The van der Waals surface area contributed by atoms with Gasteiger partial charge in [0.15, 0.2) is 0 Å². The Morgan fingerprint density at radius 2 is 1.10 bits per heavy atom. The van der Waals surface area contributed by atoms with Crippen molar-refractivity contribution in [3.8, 4) is 0 Å². The fourth-order valence-electron chi connectivity index (χ4n) is 2.75. The summed E-state index contributed by atoms with van der Waals surface area (Å²) in [7, 11) is 4.19.